The lowest BCUT2D eigenvalue weighted by Gasteiger charge is -2.39. The van der Waals surface area contributed by atoms with Gasteiger partial charge in [0.2, 0.25) is 5.91 Å². The minimum atomic E-state index is -4.71. The Bertz CT molecular complexity index is 3010. The Balaban J connectivity index is 1.68. The minimum absolute atomic E-state index is 0.0908. The van der Waals surface area contributed by atoms with Crippen molar-refractivity contribution in [3.8, 4) is 11.1 Å². The van der Waals surface area contributed by atoms with Gasteiger partial charge in [0.1, 0.15) is 6.50 Å². The number of fused-ring (bicyclic) bond motifs is 1. The van der Waals surface area contributed by atoms with Gasteiger partial charge in [0.05, 0.1) is 35.0 Å². The molecule has 1 aliphatic rings. The van der Waals surface area contributed by atoms with Gasteiger partial charge < -0.3 is 19.1 Å². The van der Waals surface area contributed by atoms with E-state index >= 15 is 9.18 Å². The molecule has 53 heavy (non-hydrogen) atoms. The number of piperidine rings is 1. The number of thioether (sulfide) groups is 1. The summed E-state index contributed by atoms with van der Waals surface area (Å²) in [5, 5.41) is -1.96. The van der Waals surface area contributed by atoms with Crippen LogP contribution in [0.25, 0.3) is 22.0 Å². The van der Waals surface area contributed by atoms with Crippen molar-refractivity contribution >= 4 is 28.6 Å². The zero-order valence-electron chi connectivity index (χ0n) is 46.6. The fourth-order valence-corrected chi connectivity index (χ4v) is 5.91. The van der Waals surface area contributed by atoms with Crippen LogP contribution in [0.2, 0.25) is 0 Å². The topological polar surface area (TPSA) is 54.8 Å². The van der Waals surface area contributed by atoms with Crippen LogP contribution in [-0.4, -0.2) is 59.5 Å². The summed E-state index contributed by atoms with van der Waals surface area (Å²) >= 11 is 0.185. The van der Waals surface area contributed by atoms with Crippen molar-refractivity contribution < 1.29 is 57.5 Å². The molecule has 1 fully saturated rings. The fourth-order valence-electron chi connectivity index (χ4n) is 4.96. The van der Waals surface area contributed by atoms with Crippen LogP contribution in [0, 0.1) is 18.6 Å². The van der Waals surface area contributed by atoms with E-state index in [-0.39, 0.29) is 43.5 Å². The summed E-state index contributed by atoms with van der Waals surface area (Å²) in [5.41, 5.74) is -4.29. The van der Waals surface area contributed by atoms with Gasteiger partial charge >= 0.3 is 6.18 Å². The first kappa shape index (κ1) is 20.8. The van der Waals surface area contributed by atoms with Gasteiger partial charge in [-0.3, -0.25) is 9.59 Å². The van der Waals surface area contributed by atoms with Gasteiger partial charge in [-0.2, -0.15) is 13.2 Å². The molecule has 0 bridgehead atoms. The highest BCUT2D eigenvalue weighted by Crippen LogP contribution is 2.32. The van der Waals surface area contributed by atoms with Crippen LogP contribution >= 0.6 is 11.8 Å². The third kappa shape index (κ3) is 9.17. The number of carbonyl (C=O) groups is 1. The highest BCUT2D eigenvalue weighted by atomic mass is 32.2. The molecule has 0 atom stereocenters. The lowest BCUT2D eigenvalue weighted by Crippen LogP contribution is -2.48. The third-order valence-corrected chi connectivity index (χ3v) is 8.60. The van der Waals surface area contributed by atoms with Crippen molar-refractivity contribution in [1.29, 1.82) is 0 Å². The molecule has 278 valence electrons. The molecule has 12 heteroatoms. The molecule has 0 radical (unpaired) electrons. The van der Waals surface area contributed by atoms with Gasteiger partial charge in [-0.1, -0.05) is 60.1 Å². The van der Waals surface area contributed by atoms with Crippen molar-refractivity contribution in [2.45, 2.75) is 55.7 Å². The van der Waals surface area contributed by atoms with Crippen LogP contribution in [0.3, 0.4) is 0 Å². The molecule has 0 spiro atoms. The molecule has 1 aromatic heterocycles. The molecular formula is C41H40F5N3O3S. The van der Waals surface area contributed by atoms with Crippen molar-refractivity contribution in [3.05, 3.63) is 135 Å². The number of aromatic nitrogens is 1. The first-order chi connectivity index (χ1) is 32.7. The average molecular weight is 769 g/mol. The van der Waals surface area contributed by atoms with E-state index in [9.17, 15) is 32.0 Å². The molecule has 0 aliphatic carbocycles. The molecule has 4 aromatic carbocycles. The number of likely N-dealkylation sites (tertiary alicyclic amines) is 1. The first-order valence-electron chi connectivity index (χ1n) is 24.9. The number of alkyl halides is 3. The van der Waals surface area contributed by atoms with Gasteiger partial charge in [0.15, 0.2) is 17.1 Å². The Hall–Kier alpha value is -4.52. The van der Waals surface area contributed by atoms with E-state index in [4.69, 9.17) is 16.4 Å². The Labute approximate surface area is 335 Å². The number of hydrogen-bond acceptors (Lipinski definition) is 5. The number of carbonyl (C=O) groups excluding carboxylic acids is 1. The standard InChI is InChI=1S/C41H40F5N3O3S/c1-27-6-15-36-34(22-27)37(50)23-39(53-26-31-4-3-5-35(42)40(31)43)49(36)25-38(51)48(33-16-18-47(19-17-33)20-21-52-2)24-28-7-9-29(10-8-28)30-11-13-32(14-12-30)41(44,45)46/h3-15,22-23,33H,16-21,24-26H2,1-2H3/i6D,15D,16D2,17D2,18D2,19D2,20D2,21D2,22D,23D,25D2,33D. The van der Waals surface area contributed by atoms with Crippen LogP contribution in [0.15, 0.2) is 101 Å². The summed E-state index contributed by atoms with van der Waals surface area (Å²) in [5.74, 6) is -5.95. The van der Waals surface area contributed by atoms with Crippen molar-refractivity contribution in [2.75, 3.05) is 33.2 Å². The number of ether oxygens (including phenoxy) is 1. The van der Waals surface area contributed by atoms with Crippen LogP contribution in [-0.2, 0) is 34.5 Å². The second-order valence-corrected chi connectivity index (χ2v) is 12.1. The zero-order valence-corrected chi connectivity index (χ0v) is 28.4. The van der Waals surface area contributed by atoms with Gasteiger partial charge in [-0.05, 0) is 66.6 Å². The number of hydrogen-bond donors (Lipinski definition) is 0. The van der Waals surface area contributed by atoms with Crippen LogP contribution in [0.5, 0.6) is 0 Å². The predicted molar refractivity (Wildman–Crippen MR) is 198 cm³/mol. The first-order valence-corrected chi connectivity index (χ1v) is 16.4. The predicted octanol–water partition coefficient (Wildman–Crippen LogP) is 8.71. The molecule has 6 rings (SSSR count). The van der Waals surface area contributed by atoms with E-state index in [2.05, 4.69) is 4.74 Å². The van der Waals surface area contributed by atoms with E-state index in [1.807, 2.05) is 0 Å². The summed E-state index contributed by atoms with van der Waals surface area (Å²) in [4.78, 5) is 28.5. The lowest BCUT2D eigenvalue weighted by molar-refractivity contribution is -0.137. The number of amides is 1. The average Bonchev–Trinajstić information content (AvgIpc) is 3.29. The zero-order chi connectivity index (χ0) is 54.7. The number of halogens is 5. The van der Waals surface area contributed by atoms with Crippen LogP contribution in [0.1, 0.15) is 61.0 Å². The second kappa shape index (κ2) is 16.7. The summed E-state index contributed by atoms with van der Waals surface area (Å²) < 4.78 is 245. The van der Waals surface area contributed by atoms with Gasteiger partial charge in [0, 0.05) is 75.6 Å². The summed E-state index contributed by atoms with van der Waals surface area (Å²) in [6.45, 7) is -21.4. The maximum absolute atomic E-state index is 15.6. The molecule has 1 aliphatic heterocycles. The van der Waals surface area contributed by atoms with Gasteiger partial charge in [-0.15, -0.1) is 11.8 Å². The maximum atomic E-state index is 15.6. The number of methoxy groups -OCH3 is 1. The SMILES string of the molecule is [2H]c1c(C)c([2H])c2c(=O)c([2H])c(SCc3cccc(F)c3F)n(C([2H])([2H])C(=O)N(Cc3ccc(-c4ccc(C(F)(F)F)cc4)cc3)C3([2H])C([2H])([2H])C([2H])([2H])N(C([2H])([2H])C([2H])([2H])OC)C([2H])([2H])C3([2H])[2H])c2c1[2H]. The summed E-state index contributed by atoms with van der Waals surface area (Å²) in [7, 11) is 0.567. The Morgan fingerprint density at radius 1 is 1.04 bits per heavy atom. The summed E-state index contributed by atoms with van der Waals surface area (Å²) in [6.07, 6.45) is -13.8. The number of rotatable bonds is 12. The molecule has 2 heterocycles. The smallest absolute Gasteiger partial charge is 0.383 e. The molecule has 0 unspecified atom stereocenters. The van der Waals surface area contributed by atoms with Crippen molar-refractivity contribution in [3.63, 3.8) is 0 Å². The molecule has 1 saturated heterocycles. The van der Waals surface area contributed by atoms with Crippen LogP contribution < -0.4 is 5.43 Å². The molecular weight excluding hydrogens is 710 g/mol. The summed E-state index contributed by atoms with van der Waals surface area (Å²) in [6, 6.07) is 2.57. The van der Waals surface area contributed by atoms with E-state index < -0.39 is 149 Å². The number of benzene rings is 4. The Kier molecular flexibility index (Phi) is 6.54. The van der Waals surface area contributed by atoms with Crippen molar-refractivity contribution in [1.82, 2.24) is 14.4 Å². The normalized spacial score (nSPS) is 24.6. The van der Waals surface area contributed by atoms with Gasteiger partial charge in [-0.25, -0.2) is 8.78 Å². The lowest BCUT2D eigenvalue weighted by atomic mass is 10.00. The molecule has 1 amide bonds. The molecule has 0 saturated carbocycles. The monoisotopic (exact) mass is 768 g/mol. The van der Waals surface area contributed by atoms with E-state index in [1.165, 1.54) is 12.1 Å². The minimum Gasteiger partial charge on any atom is -0.383 e. The van der Waals surface area contributed by atoms with Gasteiger partial charge in [0.25, 0.3) is 0 Å². The van der Waals surface area contributed by atoms with E-state index in [0.29, 0.717) is 7.11 Å². The van der Waals surface area contributed by atoms with E-state index in [1.54, 1.807) is 0 Å². The quantitative estimate of drug-likeness (QED) is 0.0940. The molecule has 0 N–H and O–H groups in total. The number of nitrogens with zero attached hydrogens (tertiary/aromatic N) is 3. The maximum Gasteiger partial charge on any atom is 0.416 e. The second-order valence-electron chi connectivity index (χ2n) is 11.2. The highest BCUT2D eigenvalue weighted by Gasteiger charge is 2.31. The fraction of sp³-hybridized carbons (Fsp3) is 0.317. The Morgan fingerprint density at radius 3 is 2.38 bits per heavy atom. The van der Waals surface area contributed by atoms with Crippen molar-refractivity contribution in [2.24, 2.45) is 0 Å². The van der Waals surface area contributed by atoms with Crippen LogP contribution in [0.4, 0.5) is 22.0 Å². The highest BCUT2D eigenvalue weighted by molar-refractivity contribution is 7.98. The number of pyridine rings is 1. The largest absolute Gasteiger partial charge is 0.416 e. The van der Waals surface area contributed by atoms with E-state index in [0.717, 1.165) is 61.5 Å². The molecule has 6 nitrogen and oxygen atoms in total. The Morgan fingerprint density at radius 2 is 1.72 bits per heavy atom. The molecule has 5 aromatic rings. The third-order valence-electron chi connectivity index (χ3n) is 7.58.